The highest BCUT2D eigenvalue weighted by Crippen LogP contribution is 2.46. The molecule has 0 saturated carbocycles. The molecule has 2 aromatic heterocycles. The van der Waals surface area contributed by atoms with E-state index in [-0.39, 0.29) is 92.2 Å². The minimum atomic E-state index is -2.09. The number of aliphatic hydroxyl groups is 1. The highest BCUT2D eigenvalue weighted by molar-refractivity contribution is 6.28. The van der Waals surface area contributed by atoms with Gasteiger partial charge in [-0.3, -0.25) is 81.5 Å². The number of anilines is 2. The summed E-state index contributed by atoms with van der Waals surface area (Å²) in [6, 6.07) is 11.1. The summed E-state index contributed by atoms with van der Waals surface area (Å²) < 4.78 is 34.0. The van der Waals surface area contributed by atoms with E-state index in [0.717, 1.165) is 66.1 Å². The fraction of sp³-hybridized carbons (Fsp3) is 0.446. The van der Waals surface area contributed by atoms with Crippen LogP contribution >= 0.6 is 0 Å². The number of pyridine rings is 2. The zero-order valence-electron chi connectivity index (χ0n) is 71.2. The number of aliphatic carboxylic acids is 1. The number of cyclic esters (lactones) is 1. The Hall–Kier alpha value is -14.1. The van der Waals surface area contributed by atoms with Crippen LogP contribution in [0.5, 0.6) is 5.75 Å². The molecule has 0 unspecified atom stereocenters. The van der Waals surface area contributed by atoms with Gasteiger partial charge in [0.1, 0.15) is 37.4 Å². The first-order valence-electron chi connectivity index (χ1n) is 39.6. The maximum atomic E-state index is 15.5. The molecular weight excluding hydrogens is 1640 g/mol. The summed E-state index contributed by atoms with van der Waals surface area (Å²) in [5.74, 6) is -12.8. The summed E-state index contributed by atoms with van der Waals surface area (Å²) in [4.78, 5) is 263. The van der Waals surface area contributed by atoms with Crippen LogP contribution in [0.15, 0.2) is 71.5 Å². The molecule has 0 bridgehead atoms. The van der Waals surface area contributed by atoms with Gasteiger partial charge >= 0.3 is 18.0 Å². The fourth-order valence-corrected chi connectivity index (χ4v) is 14.1. The van der Waals surface area contributed by atoms with Crippen LogP contribution in [0.25, 0.3) is 22.3 Å². The molecule has 4 aliphatic rings. The minimum Gasteiger partial charge on any atom is -0.493 e. The van der Waals surface area contributed by atoms with Crippen LogP contribution in [0.3, 0.4) is 0 Å². The lowest BCUT2D eigenvalue weighted by Gasteiger charge is -2.31. The predicted molar refractivity (Wildman–Crippen MR) is 440 cm³/mol. The molecule has 5 aromatic rings. The normalized spacial score (nSPS) is 14.7. The van der Waals surface area contributed by atoms with E-state index in [0.29, 0.717) is 63.0 Å². The molecule has 16 amide bonds. The van der Waals surface area contributed by atoms with Crippen LogP contribution < -0.4 is 36.9 Å². The molecule has 7 N–H and O–H groups in total. The Morgan fingerprint density at radius 1 is 0.632 bits per heavy atom. The first-order valence-corrected chi connectivity index (χ1v) is 39.6. The number of likely N-dealkylation sites (N-methyl/N-ethyl adjacent to an activating group) is 10. The van der Waals surface area contributed by atoms with Gasteiger partial charge in [-0.2, -0.15) is 0 Å². The lowest BCUT2D eigenvalue weighted by molar-refractivity contribution is -0.172. The van der Waals surface area contributed by atoms with Gasteiger partial charge in [-0.1, -0.05) is 25.1 Å². The van der Waals surface area contributed by atoms with Gasteiger partial charge in [-0.05, 0) is 91.1 Å². The van der Waals surface area contributed by atoms with Crippen LogP contribution in [0.4, 0.5) is 20.6 Å². The molecule has 0 spiro atoms. The second kappa shape index (κ2) is 40.7. The Morgan fingerprint density at radius 3 is 1.60 bits per heavy atom. The fourth-order valence-electron chi connectivity index (χ4n) is 14.1. The van der Waals surface area contributed by atoms with Crippen LogP contribution in [-0.4, -0.2) is 324 Å². The van der Waals surface area contributed by atoms with E-state index in [2.05, 4.69) is 16.0 Å². The summed E-state index contributed by atoms with van der Waals surface area (Å²) >= 11 is 0. The quantitative estimate of drug-likeness (QED) is 0.0148. The number of ether oxygens (including phenoxy) is 3. The van der Waals surface area contributed by atoms with Gasteiger partial charge in [0.05, 0.1) is 113 Å². The largest absolute Gasteiger partial charge is 0.493 e. The van der Waals surface area contributed by atoms with Gasteiger partial charge in [0, 0.05) is 130 Å². The van der Waals surface area contributed by atoms with Gasteiger partial charge in [0.2, 0.25) is 76.8 Å². The second-order valence-electron chi connectivity index (χ2n) is 31.1. The van der Waals surface area contributed by atoms with Crippen molar-refractivity contribution >= 4 is 129 Å². The third kappa shape index (κ3) is 23.0. The van der Waals surface area contributed by atoms with Gasteiger partial charge in [-0.15, -0.1) is 0 Å². The van der Waals surface area contributed by atoms with E-state index in [1.54, 1.807) is 32.0 Å². The van der Waals surface area contributed by atoms with Gasteiger partial charge in [-0.25, -0.2) is 23.9 Å². The molecule has 5 heterocycles. The monoisotopic (exact) mass is 1740 g/mol. The molecule has 0 fully saturated rings. The van der Waals surface area contributed by atoms with E-state index in [1.165, 1.54) is 111 Å². The molecule has 1 aliphatic carbocycles. The van der Waals surface area contributed by atoms with Gasteiger partial charge in [0.15, 0.2) is 5.60 Å². The number of rotatable bonds is 38. The highest BCUT2D eigenvalue weighted by Gasteiger charge is 2.46. The molecule has 0 radical (unpaired) electrons. The first-order chi connectivity index (χ1) is 58.9. The number of carboxylic acids is 1. The molecule has 3 atom stereocenters. The zero-order valence-corrected chi connectivity index (χ0v) is 71.2. The number of alkyl carbamates (subject to hydrolysis) is 1. The van der Waals surface area contributed by atoms with E-state index in [9.17, 15) is 96.2 Å². The molecule has 42 heteroatoms. The van der Waals surface area contributed by atoms with Crippen molar-refractivity contribution in [1.82, 2.24) is 69.2 Å². The third-order valence-electron chi connectivity index (χ3n) is 21.8. The predicted octanol–water partition coefficient (Wildman–Crippen LogP) is -1.37. The smallest absolute Gasteiger partial charge is 0.407 e. The number of esters is 1. The van der Waals surface area contributed by atoms with Crippen LogP contribution in [0, 0.1) is 12.7 Å². The molecule has 668 valence electrons. The van der Waals surface area contributed by atoms with E-state index >= 15 is 4.39 Å². The second-order valence-corrected chi connectivity index (χ2v) is 31.1. The van der Waals surface area contributed by atoms with E-state index in [1.807, 2.05) is 0 Å². The Balaban J connectivity index is 0.699. The number of benzene rings is 3. The highest BCUT2D eigenvalue weighted by atomic mass is 19.1. The van der Waals surface area contributed by atoms with Crippen LogP contribution in [-0.2, 0) is 129 Å². The van der Waals surface area contributed by atoms with Crippen LogP contribution in [0.2, 0.25) is 0 Å². The average Bonchev–Trinajstić information content (AvgIpc) is 1.58. The third-order valence-corrected chi connectivity index (χ3v) is 21.8. The number of hydrogen-bond donors (Lipinski definition) is 6. The van der Waals surface area contributed by atoms with E-state index < -0.39 is 208 Å². The average molecular weight is 1740 g/mol. The number of carboxylic acid groups (broad SMARTS) is 1. The Labute approximate surface area is 716 Å². The number of nitrogens with two attached hydrogens (primary N) is 1. The number of nitrogens with zero attached hydrogens (tertiary/aromatic N) is 13. The number of primary amides is 1. The van der Waals surface area contributed by atoms with Crippen molar-refractivity contribution in [1.29, 1.82) is 0 Å². The minimum absolute atomic E-state index is 0.0148. The summed E-state index contributed by atoms with van der Waals surface area (Å²) in [6.45, 7) is -2.61. The number of halogens is 1. The number of amides is 16. The van der Waals surface area contributed by atoms with E-state index in [4.69, 9.17) is 30.0 Å². The Kier molecular flexibility index (Phi) is 30.9. The molecule has 3 aromatic carbocycles. The maximum absolute atomic E-state index is 15.5. The number of imide groups is 1. The SMILES string of the molecule is CC[C@@]1(O)C(=O)OCc2c1cc1n(c2=O)Cc2c-1nc1cc(F)c(C)c3c1c2[C@@H](NC(=O)OCc1ccc(NC(=O)[C@H](CC(N)=O)NC(=O)CCc2ccc(N4C(=O)C=CC4=O)cc2OCCCC(=O)N(C)CC(=O)N(C)CC(=O)N(C)CC(=O)N(C)CC(=O)N(C)CC(=O)N(C)CC(=O)N(C)CC(=O)N(C)CC(=O)N(C)CC(=O)N(C)CC(=O)O)cc1)CC3. The van der Waals surface area contributed by atoms with Crippen LogP contribution in [0.1, 0.15) is 96.0 Å². The molecule has 0 saturated heterocycles. The van der Waals surface area contributed by atoms with Gasteiger partial charge in [0.25, 0.3) is 17.4 Å². The number of fused-ring (bicyclic) bond motifs is 5. The number of carbonyl (C=O) groups excluding carboxylic acids is 17. The number of aryl methyl sites for hydroxylation is 2. The molecular formula is C83H100FN17O24. The molecule has 9 rings (SSSR count). The lowest BCUT2D eigenvalue weighted by Crippen LogP contribution is -2.49. The Morgan fingerprint density at radius 2 is 1.12 bits per heavy atom. The zero-order chi connectivity index (χ0) is 92.1. The summed E-state index contributed by atoms with van der Waals surface area (Å²) in [5, 5.41) is 29.1. The van der Waals surface area contributed by atoms with Crippen molar-refractivity contribution in [3.63, 3.8) is 0 Å². The van der Waals surface area contributed by atoms with Crippen molar-refractivity contribution in [2.24, 2.45) is 5.73 Å². The van der Waals surface area contributed by atoms with Crippen molar-refractivity contribution < 1.29 is 115 Å². The number of hydrogen-bond acceptors (Lipinski definition) is 24. The maximum Gasteiger partial charge on any atom is 0.407 e. The summed E-state index contributed by atoms with van der Waals surface area (Å²) in [5.41, 5.74) is 7.56. The lowest BCUT2D eigenvalue weighted by atomic mass is 9.81. The van der Waals surface area contributed by atoms with Crippen molar-refractivity contribution in [2.45, 2.75) is 103 Å². The molecule has 3 aliphatic heterocycles. The van der Waals surface area contributed by atoms with Crippen molar-refractivity contribution in [2.75, 3.05) is 153 Å². The summed E-state index contributed by atoms with van der Waals surface area (Å²) in [6.07, 6.45) is 0.822. The topological polar surface area (TPSA) is 508 Å². The number of aromatic nitrogens is 2. The Bertz CT molecular complexity index is 5290. The number of nitrogens with one attached hydrogen (secondary N) is 3. The summed E-state index contributed by atoms with van der Waals surface area (Å²) in [7, 11) is 12.9. The van der Waals surface area contributed by atoms with Crippen molar-refractivity contribution in [3.05, 3.63) is 127 Å². The van der Waals surface area contributed by atoms with Crippen molar-refractivity contribution in [3.8, 4) is 17.1 Å². The first kappa shape index (κ1) is 94.8. The standard InChI is InChI=1S/C83H100FN17O24/c1-13-83(122)54-30-59-78-52(33-100(59)80(119)53(54)45-124-81(83)120)77-56(24-23-51-46(2)55(84)31-57(88-78)76(51)77)89-82(121)125-44-47-16-20-49(21-17-47)86-79(118)58(32-61(85)102)87-62(103)25-19-48-18-22-50(101-64(105)26-27-65(101)106)29-60(48)123-28-14-15-63(104)90(3)34-66(107)91(4)35-67(108)92(5)36-68(109)93(6)37-69(110)94(7)38-70(111)95(8)39-71(112)96(9)40-72(113)97(10)41-73(114)98(11)42-74(115)99(12)43-75(116)117/h16-18,20-22,26-27,29-31,56,58,122H,13-15,19,23-25,28,32-45H2,1-12H3,(H2,85,102)(H,86,118)(H,87,103)(H,89,121)(H,116,117)/t56-,58-,83-/m0/s1. The molecule has 41 nitrogen and oxygen atoms in total. The number of carbonyl (C=O) groups is 18. The molecule has 125 heavy (non-hydrogen) atoms. The van der Waals surface area contributed by atoms with Gasteiger partial charge < -0.3 is 99.7 Å².